The molecule has 2 aromatic heterocycles. The summed E-state index contributed by atoms with van der Waals surface area (Å²) in [7, 11) is 0. The van der Waals surface area contributed by atoms with Gasteiger partial charge in [-0.05, 0) is 56.2 Å². The van der Waals surface area contributed by atoms with E-state index in [1.165, 1.54) is 13.0 Å². The third-order valence-electron chi connectivity index (χ3n) is 7.01. The maximum Gasteiger partial charge on any atom is 0.243 e. The lowest BCUT2D eigenvalue weighted by Crippen LogP contribution is -2.46. The summed E-state index contributed by atoms with van der Waals surface area (Å²) in [6, 6.07) is 14.9. The number of nitrogens with one attached hydrogen (secondary N) is 1. The van der Waals surface area contributed by atoms with Crippen molar-refractivity contribution >= 4 is 40.1 Å². The predicted molar refractivity (Wildman–Crippen MR) is 149 cm³/mol. The van der Waals surface area contributed by atoms with Gasteiger partial charge in [0.05, 0.1) is 10.7 Å². The molecule has 40 heavy (non-hydrogen) atoms. The number of carbonyl (C=O) groups is 3. The Kier molecular flexibility index (Phi) is 8.11. The van der Waals surface area contributed by atoms with Crippen molar-refractivity contribution in [2.45, 2.75) is 45.5 Å². The number of carbonyl (C=O) groups excluding carboxylic acids is 3. The van der Waals surface area contributed by atoms with E-state index in [9.17, 15) is 18.8 Å². The first kappa shape index (κ1) is 27.3. The van der Waals surface area contributed by atoms with E-state index in [0.717, 1.165) is 5.69 Å². The lowest BCUT2D eigenvalue weighted by atomic mass is 10.1. The molecule has 0 bridgehead atoms. The van der Waals surface area contributed by atoms with Crippen LogP contribution in [0, 0.1) is 5.82 Å². The van der Waals surface area contributed by atoms with E-state index in [0.29, 0.717) is 41.6 Å². The van der Waals surface area contributed by atoms with Crippen LogP contribution in [-0.4, -0.2) is 44.6 Å². The van der Waals surface area contributed by atoms with Gasteiger partial charge in [0.1, 0.15) is 30.8 Å². The van der Waals surface area contributed by atoms with Crippen LogP contribution in [-0.2, 0) is 29.3 Å². The molecule has 0 radical (unpaired) electrons. The number of nitrogens with zero attached hydrogens (tertiary/aromatic N) is 3. The molecule has 3 heterocycles. The number of hydrogen-bond acceptors (Lipinski definition) is 5. The first-order chi connectivity index (χ1) is 19.3. The number of benzene rings is 2. The summed E-state index contributed by atoms with van der Waals surface area (Å²) < 4.78 is 21.8. The zero-order chi connectivity index (χ0) is 28.2. The number of pyridine rings is 1. The monoisotopic (exact) mass is 562 g/mol. The van der Waals surface area contributed by atoms with Crippen LogP contribution in [0.2, 0.25) is 5.02 Å². The van der Waals surface area contributed by atoms with E-state index in [1.54, 1.807) is 46.1 Å². The van der Waals surface area contributed by atoms with Gasteiger partial charge in [-0.25, -0.2) is 4.39 Å². The summed E-state index contributed by atoms with van der Waals surface area (Å²) >= 11 is 5.84. The number of hydrogen-bond donors (Lipinski definition) is 1. The predicted octanol–water partition coefficient (Wildman–Crippen LogP) is 4.92. The number of rotatable bonds is 9. The van der Waals surface area contributed by atoms with Crippen LogP contribution >= 0.6 is 11.6 Å². The first-order valence-electron chi connectivity index (χ1n) is 13.0. The summed E-state index contributed by atoms with van der Waals surface area (Å²) in [5, 5.41) is 3.40. The van der Waals surface area contributed by atoms with E-state index < -0.39 is 11.9 Å². The van der Waals surface area contributed by atoms with Crippen LogP contribution in [0.25, 0.3) is 10.9 Å². The van der Waals surface area contributed by atoms with Crippen molar-refractivity contribution < 1.29 is 23.5 Å². The van der Waals surface area contributed by atoms with Gasteiger partial charge in [0.25, 0.3) is 0 Å². The minimum atomic E-state index is -0.657. The summed E-state index contributed by atoms with van der Waals surface area (Å²) in [6.45, 7) is 2.13. The molecule has 2 aromatic carbocycles. The van der Waals surface area contributed by atoms with Gasteiger partial charge in [-0.15, -0.1) is 0 Å². The highest BCUT2D eigenvalue weighted by Crippen LogP contribution is 2.28. The number of ketones is 1. The van der Waals surface area contributed by atoms with Crippen molar-refractivity contribution in [3.05, 3.63) is 94.7 Å². The third kappa shape index (κ3) is 5.84. The molecule has 1 fully saturated rings. The summed E-state index contributed by atoms with van der Waals surface area (Å²) in [6.07, 6.45) is 4.55. The topological polar surface area (TPSA) is 93.5 Å². The number of fused-ring (bicyclic) bond motifs is 1. The molecule has 1 atom stereocenters. The average Bonchev–Trinajstić information content (AvgIpc) is 3.59. The fourth-order valence-electron chi connectivity index (χ4n) is 4.98. The van der Waals surface area contributed by atoms with Crippen molar-refractivity contribution in [3.63, 3.8) is 0 Å². The molecule has 1 N–H and O–H groups in total. The molecule has 2 amide bonds. The Hall–Kier alpha value is -4.24. The van der Waals surface area contributed by atoms with Crippen molar-refractivity contribution in [2.75, 3.05) is 6.54 Å². The fraction of sp³-hybridized carbons (Fsp3) is 0.267. The van der Waals surface area contributed by atoms with Crippen molar-refractivity contribution in [2.24, 2.45) is 0 Å². The highest BCUT2D eigenvalue weighted by molar-refractivity contribution is 6.30. The van der Waals surface area contributed by atoms with Gasteiger partial charge in [0.15, 0.2) is 5.78 Å². The highest BCUT2D eigenvalue weighted by atomic mass is 35.5. The van der Waals surface area contributed by atoms with Gasteiger partial charge in [0, 0.05) is 47.5 Å². The van der Waals surface area contributed by atoms with Crippen LogP contribution in [0.15, 0.2) is 67.0 Å². The Bertz CT molecular complexity index is 1570. The second kappa shape index (κ2) is 11.9. The van der Waals surface area contributed by atoms with Gasteiger partial charge in [-0.2, -0.15) is 0 Å². The molecule has 0 spiro atoms. The Morgan fingerprint density at radius 3 is 2.77 bits per heavy atom. The van der Waals surface area contributed by atoms with Gasteiger partial charge >= 0.3 is 0 Å². The minimum absolute atomic E-state index is 0.0137. The molecule has 1 saturated heterocycles. The van der Waals surface area contributed by atoms with Gasteiger partial charge < -0.3 is 19.5 Å². The molecular weight excluding hydrogens is 535 g/mol. The molecule has 4 aromatic rings. The Morgan fingerprint density at radius 1 is 1.15 bits per heavy atom. The summed E-state index contributed by atoms with van der Waals surface area (Å²) in [5.74, 6) is -0.715. The fourth-order valence-corrected chi connectivity index (χ4v) is 5.17. The number of amides is 2. The van der Waals surface area contributed by atoms with E-state index in [1.807, 2.05) is 24.3 Å². The third-order valence-corrected chi connectivity index (χ3v) is 7.30. The molecule has 206 valence electrons. The van der Waals surface area contributed by atoms with E-state index in [4.69, 9.17) is 16.3 Å². The largest absolute Gasteiger partial charge is 0.487 e. The Morgan fingerprint density at radius 2 is 2.00 bits per heavy atom. The summed E-state index contributed by atoms with van der Waals surface area (Å²) in [4.78, 5) is 44.6. The molecule has 8 nitrogen and oxygen atoms in total. The van der Waals surface area contributed by atoms with E-state index >= 15 is 0 Å². The van der Waals surface area contributed by atoms with Crippen LogP contribution in [0.4, 0.5) is 4.39 Å². The molecule has 1 aliphatic rings. The lowest BCUT2D eigenvalue weighted by Gasteiger charge is -2.24. The zero-order valence-corrected chi connectivity index (χ0v) is 22.7. The van der Waals surface area contributed by atoms with Gasteiger partial charge in [-0.3, -0.25) is 19.4 Å². The van der Waals surface area contributed by atoms with E-state index in [2.05, 4.69) is 10.3 Å². The zero-order valence-electron chi connectivity index (χ0n) is 21.9. The second-order valence-electron chi connectivity index (χ2n) is 9.69. The average molecular weight is 563 g/mol. The quantitative estimate of drug-likeness (QED) is 0.292. The number of halogens is 2. The number of likely N-dealkylation sites (tertiary alicyclic amines) is 1. The first-order valence-corrected chi connectivity index (χ1v) is 13.4. The molecule has 0 aliphatic carbocycles. The SMILES string of the molecule is CC(=O)c1cn(CC(=O)N2CCCC2C(=O)NCc2cccc(Cl)c2F)c2ccc(OCc3ccccn3)cc12. The Labute approximate surface area is 235 Å². The molecule has 10 heteroatoms. The lowest BCUT2D eigenvalue weighted by molar-refractivity contribution is -0.138. The number of Topliss-reactive ketones (excluding diaryl/α,β-unsaturated/α-hetero) is 1. The maximum absolute atomic E-state index is 14.2. The van der Waals surface area contributed by atoms with Crippen LogP contribution in [0.5, 0.6) is 5.75 Å². The smallest absolute Gasteiger partial charge is 0.243 e. The van der Waals surface area contributed by atoms with E-state index in [-0.39, 0.29) is 47.9 Å². The normalized spacial score (nSPS) is 14.9. The van der Waals surface area contributed by atoms with Crippen molar-refractivity contribution in [1.29, 1.82) is 0 Å². The minimum Gasteiger partial charge on any atom is -0.487 e. The maximum atomic E-state index is 14.2. The van der Waals surface area contributed by atoms with Crippen LogP contribution < -0.4 is 10.1 Å². The molecular formula is C30H28ClFN4O4. The van der Waals surface area contributed by atoms with Crippen LogP contribution in [0.3, 0.4) is 0 Å². The van der Waals surface area contributed by atoms with Crippen molar-refractivity contribution in [3.8, 4) is 5.75 Å². The van der Waals surface area contributed by atoms with Crippen molar-refractivity contribution in [1.82, 2.24) is 19.8 Å². The van der Waals surface area contributed by atoms with Crippen LogP contribution in [0.1, 0.15) is 41.4 Å². The standard InChI is InChI=1S/C30H28ClFN4O4/c1-19(37)24-16-35(26-11-10-22(14-23(24)26)40-18-21-7-2-3-12-33-21)17-28(38)36-13-5-9-27(36)30(39)34-15-20-6-4-8-25(31)29(20)32/h2-4,6-8,10-12,14,16,27H,5,9,13,15,17-18H2,1H3,(H,34,39). The number of ether oxygens (including phenoxy) is 1. The highest BCUT2D eigenvalue weighted by Gasteiger charge is 2.34. The van der Waals surface area contributed by atoms with Gasteiger partial charge in [-0.1, -0.05) is 29.8 Å². The Balaban J connectivity index is 1.29. The number of aromatic nitrogens is 2. The molecule has 0 saturated carbocycles. The molecule has 5 rings (SSSR count). The second-order valence-corrected chi connectivity index (χ2v) is 10.1. The van der Waals surface area contributed by atoms with Gasteiger partial charge in [0.2, 0.25) is 11.8 Å². The molecule has 1 aliphatic heterocycles. The molecule has 1 unspecified atom stereocenters. The summed E-state index contributed by atoms with van der Waals surface area (Å²) in [5.41, 5.74) is 2.24.